The smallest absolute Gasteiger partial charge is 0.407 e. The molecule has 4 rings (SSSR count). The summed E-state index contributed by atoms with van der Waals surface area (Å²) in [7, 11) is 0. The summed E-state index contributed by atoms with van der Waals surface area (Å²) in [5.41, 5.74) is 2.53. The van der Waals surface area contributed by atoms with Crippen molar-refractivity contribution >= 4 is 6.09 Å². The van der Waals surface area contributed by atoms with E-state index in [1.165, 1.54) is 57.8 Å². The third-order valence-corrected chi connectivity index (χ3v) is 9.97. The van der Waals surface area contributed by atoms with Gasteiger partial charge in [-0.05, 0) is 86.4 Å². The second-order valence-electron chi connectivity index (χ2n) is 11.9. The van der Waals surface area contributed by atoms with E-state index in [1.54, 1.807) is 5.57 Å². The highest BCUT2D eigenvalue weighted by Crippen LogP contribution is 2.64. The molecule has 0 radical (unpaired) electrons. The number of hydrogen-bond acceptors (Lipinski definition) is 3. The van der Waals surface area contributed by atoms with Crippen LogP contribution in [-0.4, -0.2) is 30.5 Å². The van der Waals surface area contributed by atoms with E-state index < -0.39 is 0 Å². The van der Waals surface area contributed by atoms with Crippen molar-refractivity contribution in [1.82, 2.24) is 5.32 Å². The number of carbonyl (C=O) groups is 1. The number of amides is 1. The van der Waals surface area contributed by atoms with Crippen molar-refractivity contribution in [3.8, 4) is 0 Å². The number of aliphatic hydroxyl groups is 1. The fraction of sp³-hybridized carbons (Fsp3) is 0.893. The highest BCUT2D eigenvalue weighted by atomic mass is 16.6. The Balaban J connectivity index is 1.22. The number of allylic oxidation sites excluding steroid dienone is 1. The van der Waals surface area contributed by atoms with Gasteiger partial charge in [-0.2, -0.15) is 0 Å². The molecule has 3 fully saturated rings. The van der Waals surface area contributed by atoms with Crippen LogP contribution < -0.4 is 5.32 Å². The van der Waals surface area contributed by atoms with Crippen LogP contribution in [0.5, 0.6) is 0 Å². The summed E-state index contributed by atoms with van der Waals surface area (Å²) in [5, 5.41) is 11.8. The number of alkyl carbamates (subject to hydrolysis) is 1. The molecule has 0 bridgehead atoms. The van der Waals surface area contributed by atoms with Crippen LogP contribution in [0.4, 0.5) is 4.79 Å². The standard InChI is InChI=1S/C28H47NO3/c1-27-15-9-10-24(27)23-12-11-21-20-22(13-17-28(21,2)25(23)14-16-27)32-26(31)29-18-7-5-3-4-6-8-19-30/h11,22-25,30H,3-10,12-20H2,1-2H3,(H,29,31)/t22-,23?,24?,25?,27-,28-/m1/s1. The largest absolute Gasteiger partial charge is 0.446 e. The molecule has 0 heterocycles. The Bertz CT molecular complexity index is 676. The summed E-state index contributed by atoms with van der Waals surface area (Å²) >= 11 is 0. The Morgan fingerprint density at radius 1 is 1.03 bits per heavy atom. The average molecular weight is 446 g/mol. The predicted octanol–water partition coefficient (Wildman–Crippen LogP) is 6.77. The number of ether oxygens (including phenoxy) is 1. The first-order valence-electron chi connectivity index (χ1n) is 13.7. The molecule has 3 unspecified atom stereocenters. The Kier molecular flexibility index (Phi) is 7.90. The molecule has 182 valence electrons. The number of fused-ring (bicyclic) bond motifs is 5. The molecule has 6 atom stereocenters. The molecule has 1 amide bonds. The Morgan fingerprint density at radius 2 is 1.81 bits per heavy atom. The zero-order chi connectivity index (χ0) is 22.6. The molecule has 4 aliphatic carbocycles. The molecule has 0 aromatic rings. The monoisotopic (exact) mass is 445 g/mol. The van der Waals surface area contributed by atoms with Crippen LogP contribution in [0.1, 0.15) is 110 Å². The fourth-order valence-electron chi connectivity index (χ4n) is 8.05. The molecule has 2 N–H and O–H groups in total. The van der Waals surface area contributed by atoms with Crippen molar-refractivity contribution in [3.05, 3.63) is 11.6 Å². The Labute approximate surface area is 195 Å². The molecule has 4 nitrogen and oxygen atoms in total. The summed E-state index contributed by atoms with van der Waals surface area (Å²) in [4.78, 5) is 12.3. The van der Waals surface area contributed by atoms with E-state index in [0.717, 1.165) is 56.3 Å². The van der Waals surface area contributed by atoms with E-state index in [0.29, 0.717) is 24.0 Å². The Morgan fingerprint density at radius 3 is 2.62 bits per heavy atom. The third kappa shape index (κ3) is 5.05. The van der Waals surface area contributed by atoms with Crippen LogP contribution >= 0.6 is 0 Å². The average Bonchev–Trinajstić information content (AvgIpc) is 3.18. The van der Waals surface area contributed by atoms with Crippen molar-refractivity contribution in [1.29, 1.82) is 0 Å². The molecule has 3 saturated carbocycles. The van der Waals surface area contributed by atoms with Gasteiger partial charge >= 0.3 is 6.09 Å². The van der Waals surface area contributed by atoms with Crippen molar-refractivity contribution in [2.24, 2.45) is 28.6 Å². The highest BCUT2D eigenvalue weighted by molar-refractivity contribution is 5.67. The maximum Gasteiger partial charge on any atom is 0.407 e. The van der Waals surface area contributed by atoms with E-state index in [9.17, 15) is 4.79 Å². The molecule has 4 aliphatic rings. The predicted molar refractivity (Wildman–Crippen MR) is 129 cm³/mol. The van der Waals surface area contributed by atoms with Crippen molar-refractivity contribution < 1.29 is 14.6 Å². The van der Waals surface area contributed by atoms with Gasteiger partial charge in [-0.25, -0.2) is 4.79 Å². The van der Waals surface area contributed by atoms with Gasteiger partial charge in [0, 0.05) is 19.6 Å². The lowest BCUT2D eigenvalue weighted by atomic mass is 9.48. The first-order valence-corrected chi connectivity index (χ1v) is 13.7. The maximum absolute atomic E-state index is 12.3. The van der Waals surface area contributed by atoms with Gasteiger partial charge in [0.2, 0.25) is 0 Å². The van der Waals surface area contributed by atoms with E-state index in [1.807, 2.05) is 0 Å². The number of nitrogens with one attached hydrogen (secondary N) is 1. The molecule has 32 heavy (non-hydrogen) atoms. The summed E-state index contributed by atoms with van der Waals surface area (Å²) in [5.74, 6) is 2.66. The number of rotatable bonds is 9. The van der Waals surface area contributed by atoms with Crippen LogP contribution in [-0.2, 0) is 4.74 Å². The molecule has 0 aromatic carbocycles. The molecular weight excluding hydrogens is 398 g/mol. The van der Waals surface area contributed by atoms with Crippen LogP contribution in [0.2, 0.25) is 0 Å². The summed E-state index contributed by atoms with van der Waals surface area (Å²) in [6, 6.07) is 0. The van der Waals surface area contributed by atoms with Gasteiger partial charge in [0.1, 0.15) is 6.10 Å². The van der Waals surface area contributed by atoms with E-state index >= 15 is 0 Å². The zero-order valence-corrected chi connectivity index (χ0v) is 20.7. The van der Waals surface area contributed by atoms with Gasteiger partial charge < -0.3 is 15.2 Å². The summed E-state index contributed by atoms with van der Waals surface area (Å²) < 4.78 is 5.85. The summed E-state index contributed by atoms with van der Waals surface area (Å²) in [6.07, 6.45) is 20.4. The van der Waals surface area contributed by atoms with Crippen molar-refractivity contribution in [2.45, 2.75) is 116 Å². The quantitative estimate of drug-likeness (QED) is 0.304. The van der Waals surface area contributed by atoms with Crippen molar-refractivity contribution in [2.75, 3.05) is 13.2 Å². The topological polar surface area (TPSA) is 58.6 Å². The van der Waals surface area contributed by atoms with E-state index in [-0.39, 0.29) is 12.2 Å². The van der Waals surface area contributed by atoms with Crippen LogP contribution in [0.15, 0.2) is 11.6 Å². The van der Waals surface area contributed by atoms with Gasteiger partial charge in [-0.1, -0.05) is 57.6 Å². The lowest BCUT2D eigenvalue weighted by molar-refractivity contribution is -0.0377. The number of hydrogen-bond donors (Lipinski definition) is 2. The van der Waals surface area contributed by atoms with Gasteiger partial charge in [0.25, 0.3) is 0 Å². The maximum atomic E-state index is 12.3. The minimum atomic E-state index is -0.229. The third-order valence-electron chi connectivity index (χ3n) is 9.97. The SMILES string of the molecule is C[C@]12CCCC1C1CC=C3C[C@H](OC(=O)NCCCCCCCCO)CC[C@@]3(C)C1CC2. The fourth-order valence-corrected chi connectivity index (χ4v) is 8.05. The van der Waals surface area contributed by atoms with Gasteiger partial charge in [0.05, 0.1) is 0 Å². The highest BCUT2D eigenvalue weighted by Gasteiger charge is 2.55. The molecule has 0 spiro atoms. The van der Waals surface area contributed by atoms with Crippen LogP contribution in [0.3, 0.4) is 0 Å². The van der Waals surface area contributed by atoms with Crippen LogP contribution in [0, 0.1) is 28.6 Å². The minimum absolute atomic E-state index is 0.0460. The first-order chi connectivity index (χ1) is 15.5. The molecule has 0 aromatic heterocycles. The van der Waals surface area contributed by atoms with Crippen molar-refractivity contribution in [3.63, 3.8) is 0 Å². The van der Waals surface area contributed by atoms with Gasteiger partial charge in [-0.15, -0.1) is 0 Å². The Hall–Kier alpha value is -1.03. The second-order valence-corrected chi connectivity index (χ2v) is 11.9. The molecule has 0 saturated heterocycles. The number of carbonyl (C=O) groups excluding carboxylic acids is 1. The lowest BCUT2D eigenvalue weighted by Crippen LogP contribution is -2.49. The van der Waals surface area contributed by atoms with Crippen LogP contribution in [0.25, 0.3) is 0 Å². The van der Waals surface area contributed by atoms with Gasteiger partial charge in [0.15, 0.2) is 0 Å². The zero-order valence-electron chi connectivity index (χ0n) is 20.7. The minimum Gasteiger partial charge on any atom is -0.446 e. The van der Waals surface area contributed by atoms with E-state index in [2.05, 4.69) is 25.2 Å². The van der Waals surface area contributed by atoms with Gasteiger partial charge in [-0.3, -0.25) is 0 Å². The molecular formula is C28H47NO3. The second kappa shape index (κ2) is 10.5. The first kappa shape index (κ1) is 24.1. The molecule has 4 heteroatoms. The lowest BCUT2D eigenvalue weighted by Gasteiger charge is -2.57. The van der Waals surface area contributed by atoms with E-state index in [4.69, 9.17) is 9.84 Å². The normalized spacial score (nSPS) is 38.3. The molecule has 0 aliphatic heterocycles. The number of aliphatic hydroxyl groups excluding tert-OH is 1. The summed E-state index contributed by atoms with van der Waals surface area (Å²) in [6.45, 7) is 6.11. The number of unbranched alkanes of at least 4 members (excludes halogenated alkanes) is 5.